The summed E-state index contributed by atoms with van der Waals surface area (Å²) in [4.78, 5) is 37.9. The summed E-state index contributed by atoms with van der Waals surface area (Å²) in [7, 11) is 0. The van der Waals surface area contributed by atoms with Gasteiger partial charge in [-0.25, -0.2) is 0 Å². The Labute approximate surface area is 372 Å². The Hall–Kier alpha value is -2.37. The molecule has 0 aliphatic carbocycles. The third kappa shape index (κ3) is 46.7. The van der Waals surface area contributed by atoms with Crippen LogP contribution in [0.1, 0.15) is 271 Å². The Bertz CT molecular complexity index is 1020. The number of hydrogen-bond acceptors (Lipinski definition) is 6. The van der Waals surface area contributed by atoms with Crippen molar-refractivity contribution < 1.29 is 28.6 Å². The number of esters is 3. The van der Waals surface area contributed by atoms with Gasteiger partial charge in [0.1, 0.15) is 13.2 Å². The summed E-state index contributed by atoms with van der Waals surface area (Å²) < 4.78 is 16.8. The minimum Gasteiger partial charge on any atom is -0.462 e. The molecule has 0 N–H and O–H groups in total. The average molecular weight is 843 g/mol. The van der Waals surface area contributed by atoms with Crippen LogP contribution in [-0.2, 0) is 28.6 Å². The van der Waals surface area contributed by atoms with E-state index in [-0.39, 0.29) is 31.1 Å². The molecule has 0 heterocycles. The van der Waals surface area contributed by atoms with Crippen LogP contribution in [-0.4, -0.2) is 37.2 Å². The second-order valence-electron chi connectivity index (χ2n) is 17.4. The first kappa shape index (κ1) is 57.6. The SMILES string of the molecule is CCCCC/C=C\C/C=C\C/C=C\CCCCCCC(=O)OC[C@@H](COC(=O)CCCCCCCCCCCCC)OC(=O)CCCCCCCCCCCCCCCC. The molecule has 6 nitrogen and oxygen atoms in total. The molecule has 0 bridgehead atoms. The summed E-state index contributed by atoms with van der Waals surface area (Å²) in [6, 6.07) is 0. The predicted molar refractivity (Wildman–Crippen MR) is 256 cm³/mol. The van der Waals surface area contributed by atoms with Gasteiger partial charge in [-0.15, -0.1) is 0 Å². The van der Waals surface area contributed by atoms with Gasteiger partial charge in [-0.3, -0.25) is 14.4 Å². The number of hydrogen-bond donors (Lipinski definition) is 0. The van der Waals surface area contributed by atoms with Crippen molar-refractivity contribution in [1.82, 2.24) is 0 Å². The molecule has 0 aliphatic heterocycles. The van der Waals surface area contributed by atoms with Gasteiger partial charge in [0.2, 0.25) is 0 Å². The highest BCUT2D eigenvalue weighted by Gasteiger charge is 2.19. The molecule has 0 spiro atoms. The highest BCUT2D eigenvalue weighted by molar-refractivity contribution is 5.71. The molecule has 0 aromatic rings. The first-order valence-electron chi connectivity index (χ1n) is 26.0. The minimum absolute atomic E-state index is 0.0753. The molecular weight excluding hydrogens is 745 g/mol. The molecule has 0 rings (SSSR count). The molecule has 0 fully saturated rings. The van der Waals surface area contributed by atoms with Gasteiger partial charge in [0.15, 0.2) is 6.10 Å². The summed E-state index contributed by atoms with van der Waals surface area (Å²) in [5, 5.41) is 0. The van der Waals surface area contributed by atoms with Crippen molar-refractivity contribution in [2.24, 2.45) is 0 Å². The van der Waals surface area contributed by atoms with Gasteiger partial charge in [0, 0.05) is 19.3 Å². The standard InChI is InChI=1S/C54H98O6/c1-4-7-10-13-16-19-22-24-26-27-28-30-32-35-38-41-44-47-53(56)59-50-51(49-58-52(55)46-43-40-37-34-31-21-18-15-12-9-6-3)60-54(57)48-45-42-39-36-33-29-25-23-20-17-14-11-8-5-2/h16,19,24,26,28,30,51H,4-15,17-18,20-23,25,27,29,31-50H2,1-3H3/b19-16-,26-24-,30-28-/t51-/m1/s1. The van der Waals surface area contributed by atoms with E-state index in [1.165, 1.54) is 148 Å². The number of rotatable bonds is 47. The van der Waals surface area contributed by atoms with Crippen LogP contribution in [0.2, 0.25) is 0 Å². The van der Waals surface area contributed by atoms with E-state index >= 15 is 0 Å². The summed E-state index contributed by atoms with van der Waals surface area (Å²) in [6.07, 6.45) is 56.9. The van der Waals surface area contributed by atoms with E-state index in [4.69, 9.17) is 14.2 Å². The zero-order valence-electron chi connectivity index (χ0n) is 40.0. The lowest BCUT2D eigenvalue weighted by Gasteiger charge is -2.18. The summed E-state index contributed by atoms with van der Waals surface area (Å²) in [6.45, 7) is 6.60. The molecule has 1 atom stereocenters. The minimum atomic E-state index is -0.775. The van der Waals surface area contributed by atoms with Crippen molar-refractivity contribution >= 4 is 17.9 Å². The fourth-order valence-corrected chi connectivity index (χ4v) is 7.45. The Morgan fingerprint density at radius 1 is 0.333 bits per heavy atom. The zero-order valence-corrected chi connectivity index (χ0v) is 40.0. The Morgan fingerprint density at radius 3 is 0.967 bits per heavy atom. The van der Waals surface area contributed by atoms with Gasteiger partial charge < -0.3 is 14.2 Å². The predicted octanol–water partition coefficient (Wildman–Crippen LogP) is 16.9. The maximum absolute atomic E-state index is 12.8. The van der Waals surface area contributed by atoms with Crippen LogP contribution in [0.25, 0.3) is 0 Å². The molecule has 0 amide bonds. The first-order valence-corrected chi connectivity index (χ1v) is 26.0. The molecule has 0 radical (unpaired) electrons. The highest BCUT2D eigenvalue weighted by Crippen LogP contribution is 2.16. The maximum Gasteiger partial charge on any atom is 0.306 e. The summed E-state index contributed by atoms with van der Waals surface area (Å²) >= 11 is 0. The van der Waals surface area contributed by atoms with E-state index in [1.807, 2.05) is 0 Å². The monoisotopic (exact) mass is 843 g/mol. The Morgan fingerprint density at radius 2 is 0.600 bits per heavy atom. The van der Waals surface area contributed by atoms with Gasteiger partial charge in [0.25, 0.3) is 0 Å². The number of ether oxygens (including phenoxy) is 3. The summed E-state index contributed by atoms with van der Waals surface area (Å²) in [5.41, 5.74) is 0. The van der Waals surface area contributed by atoms with Crippen molar-refractivity contribution in [2.45, 2.75) is 277 Å². The molecular formula is C54H98O6. The van der Waals surface area contributed by atoms with E-state index < -0.39 is 6.10 Å². The molecule has 0 unspecified atom stereocenters. The third-order valence-corrected chi connectivity index (χ3v) is 11.4. The van der Waals surface area contributed by atoms with Crippen LogP contribution >= 0.6 is 0 Å². The van der Waals surface area contributed by atoms with E-state index in [0.717, 1.165) is 83.5 Å². The van der Waals surface area contributed by atoms with Gasteiger partial charge in [-0.05, 0) is 57.8 Å². The number of unbranched alkanes of at least 4 members (excludes halogenated alkanes) is 30. The molecule has 350 valence electrons. The van der Waals surface area contributed by atoms with E-state index in [9.17, 15) is 14.4 Å². The lowest BCUT2D eigenvalue weighted by Crippen LogP contribution is -2.30. The lowest BCUT2D eigenvalue weighted by molar-refractivity contribution is -0.167. The zero-order chi connectivity index (χ0) is 43.7. The third-order valence-electron chi connectivity index (χ3n) is 11.4. The van der Waals surface area contributed by atoms with Gasteiger partial charge in [-0.2, -0.15) is 0 Å². The smallest absolute Gasteiger partial charge is 0.306 e. The fraction of sp³-hybridized carbons (Fsp3) is 0.833. The van der Waals surface area contributed by atoms with Gasteiger partial charge in [-0.1, -0.05) is 231 Å². The number of carbonyl (C=O) groups is 3. The second-order valence-corrected chi connectivity index (χ2v) is 17.4. The van der Waals surface area contributed by atoms with Crippen molar-refractivity contribution in [3.8, 4) is 0 Å². The second kappa shape index (κ2) is 49.3. The molecule has 60 heavy (non-hydrogen) atoms. The Balaban J connectivity index is 4.37. The molecule has 0 aliphatic rings. The molecule has 6 heteroatoms. The average Bonchev–Trinajstić information content (AvgIpc) is 3.24. The van der Waals surface area contributed by atoms with Crippen LogP contribution in [0.3, 0.4) is 0 Å². The van der Waals surface area contributed by atoms with Crippen LogP contribution in [0.5, 0.6) is 0 Å². The summed E-state index contributed by atoms with van der Waals surface area (Å²) in [5.74, 6) is -0.887. The number of carbonyl (C=O) groups excluding carboxylic acids is 3. The normalized spacial score (nSPS) is 12.2. The van der Waals surface area contributed by atoms with Crippen LogP contribution < -0.4 is 0 Å². The number of allylic oxidation sites excluding steroid dienone is 6. The molecule has 0 saturated heterocycles. The molecule has 0 aromatic heterocycles. The molecule has 0 saturated carbocycles. The largest absolute Gasteiger partial charge is 0.462 e. The quantitative estimate of drug-likeness (QED) is 0.0263. The van der Waals surface area contributed by atoms with Crippen LogP contribution in [0, 0.1) is 0 Å². The molecule has 0 aromatic carbocycles. The van der Waals surface area contributed by atoms with Gasteiger partial charge in [0.05, 0.1) is 0 Å². The first-order chi connectivity index (χ1) is 29.5. The lowest BCUT2D eigenvalue weighted by atomic mass is 10.0. The van der Waals surface area contributed by atoms with E-state index in [0.29, 0.717) is 19.3 Å². The Kier molecular flexibility index (Phi) is 47.3. The highest BCUT2D eigenvalue weighted by atomic mass is 16.6. The van der Waals surface area contributed by atoms with Crippen LogP contribution in [0.4, 0.5) is 0 Å². The van der Waals surface area contributed by atoms with Crippen molar-refractivity contribution in [1.29, 1.82) is 0 Å². The van der Waals surface area contributed by atoms with Crippen molar-refractivity contribution in [3.63, 3.8) is 0 Å². The topological polar surface area (TPSA) is 78.9 Å². The van der Waals surface area contributed by atoms with E-state index in [2.05, 4.69) is 57.2 Å². The van der Waals surface area contributed by atoms with Crippen molar-refractivity contribution in [2.75, 3.05) is 13.2 Å². The fourth-order valence-electron chi connectivity index (χ4n) is 7.45. The van der Waals surface area contributed by atoms with Crippen molar-refractivity contribution in [3.05, 3.63) is 36.5 Å². The maximum atomic E-state index is 12.8. The van der Waals surface area contributed by atoms with Gasteiger partial charge >= 0.3 is 17.9 Å². The van der Waals surface area contributed by atoms with Crippen LogP contribution in [0.15, 0.2) is 36.5 Å². The van der Waals surface area contributed by atoms with E-state index in [1.54, 1.807) is 0 Å².